The molecule has 6 nitrogen and oxygen atoms in total. The molecule has 0 aromatic heterocycles. The summed E-state index contributed by atoms with van der Waals surface area (Å²) in [5.41, 5.74) is 5.96. The molecule has 3 atom stereocenters. The Morgan fingerprint density at radius 1 is 1.08 bits per heavy atom. The third-order valence-corrected chi connectivity index (χ3v) is 7.32. The fourth-order valence-corrected chi connectivity index (χ4v) is 5.63. The van der Waals surface area contributed by atoms with Gasteiger partial charge in [0.1, 0.15) is 0 Å². The summed E-state index contributed by atoms with van der Waals surface area (Å²) in [6.45, 7) is 6.00. The minimum absolute atomic E-state index is 0.00277. The number of hydrogen-bond acceptors (Lipinski definition) is 5. The monoisotopic (exact) mass is 480 g/mol. The number of aryl methyl sites for hydroxylation is 1. The lowest BCUT2D eigenvalue weighted by atomic mass is 9.56. The van der Waals surface area contributed by atoms with Crippen LogP contribution in [0.1, 0.15) is 29.0 Å². The molecular weight excluding hydrogens is 452 g/mol. The van der Waals surface area contributed by atoms with E-state index in [2.05, 4.69) is 12.0 Å². The van der Waals surface area contributed by atoms with Crippen LogP contribution in [0.25, 0.3) is 0 Å². The van der Waals surface area contributed by atoms with E-state index in [1.54, 1.807) is 24.3 Å². The third kappa shape index (κ3) is 3.49. The van der Waals surface area contributed by atoms with Crippen molar-refractivity contribution in [3.05, 3.63) is 114 Å². The highest BCUT2D eigenvalue weighted by Crippen LogP contribution is 2.58. The molecule has 2 aliphatic rings. The highest BCUT2D eigenvalue weighted by atomic mass is 16.5. The Balaban J connectivity index is 1.72. The zero-order valence-electron chi connectivity index (χ0n) is 20.3. The number of ether oxygens (including phenoxy) is 1. The summed E-state index contributed by atoms with van der Waals surface area (Å²) in [5, 5.41) is 11.4. The predicted molar refractivity (Wildman–Crippen MR) is 139 cm³/mol. The molecule has 5 rings (SSSR count). The number of rotatable bonds is 6. The largest absolute Gasteiger partial charge is 0.504 e. The summed E-state index contributed by atoms with van der Waals surface area (Å²) in [5.74, 6) is -1.45. The topological polar surface area (TPSA) is 78.9 Å². The summed E-state index contributed by atoms with van der Waals surface area (Å²) < 4.78 is 5.38. The van der Waals surface area contributed by atoms with Gasteiger partial charge in [-0.1, -0.05) is 72.8 Å². The molecule has 1 heterocycles. The minimum Gasteiger partial charge on any atom is -0.504 e. The molecular formula is C30H28N2O4. The summed E-state index contributed by atoms with van der Waals surface area (Å²) in [7, 11) is 1.48. The summed E-state index contributed by atoms with van der Waals surface area (Å²) >= 11 is 0. The van der Waals surface area contributed by atoms with E-state index in [4.69, 9.17) is 4.74 Å². The van der Waals surface area contributed by atoms with Gasteiger partial charge in [-0.25, -0.2) is 0 Å². The van der Waals surface area contributed by atoms with Crippen molar-refractivity contribution < 1.29 is 19.4 Å². The number of allylic oxidation sites excluding steroid dienone is 3. The van der Waals surface area contributed by atoms with Crippen LogP contribution in [0.4, 0.5) is 5.69 Å². The zero-order valence-corrected chi connectivity index (χ0v) is 20.3. The number of aromatic hydroxyl groups is 1. The summed E-state index contributed by atoms with van der Waals surface area (Å²) in [6.07, 6.45) is 4.14. The Bertz CT molecular complexity index is 1360. The maximum absolute atomic E-state index is 14.5. The lowest BCUT2D eigenvalue weighted by Gasteiger charge is -2.43. The first-order chi connectivity index (χ1) is 17.4. The van der Waals surface area contributed by atoms with Gasteiger partial charge in [-0.15, -0.1) is 0 Å². The molecule has 6 heteroatoms. The Kier molecular flexibility index (Phi) is 5.88. The first kappa shape index (κ1) is 23.4. The molecule has 2 N–H and O–H groups in total. The van der Waals surface area contributed by atoms with Crippen molar-refractivity contribution in [1.29, 1.82) is 0 Å². The van der Waals surface area contributed by atoms with E-state index in [-0.39, 0.29) is 17.6 Å². The van der Waals surface area contributed by atoms with Crippen LogP contribution < -0.4 is 10.2 Å². The van der Waals surface area contributed by atoms with Crippen LogP contribution in [0.2, 0.25) is 0 Å². The number of nitrogens with one attached hydrogen (secondary N) is 1. The number of hydrogen-bond donors (Lipinski definition) is 2. The van der Waals surface area contributed by atoms with E-state index in [1.165, 1.54) is 12.1 Å². The highest BCUT2D eigenvalue weighted by molar-refractivity contribution is 6.12. The van der Waals surface area contributed by atoms with E-state index in [1.807, 2.05) is 67.6 Å². The number of carbonyl (C=O) groups is 2. The molecule has 0 spiro atoms. The Hall–Kier alpha value is -4.32. The van der Waals surface area contributed by atoms with Crippen LogP contribution in [0.3, 0.4) is 0 Å². The number of benzene rings is 3. The molecule has 182 valence electrons. The summed E-state index contributed by atoms with van der Waals surface area (Å²) in [6, 6.07) is 22.1. The Morgan fingerprint density at radius 3 is 2.47 bits per heavy atom. The van der Waals surface area contributed by atoms with Gasteiger partial charge in [-0.3, -0.25) is 15.0 Å². The second kappa shape index (κ2) is 9.04. The van der Waals surface area contributed by atoms with Crippen LogP contribution in [0, 0.1) is 12.8 Å². The predicted octanol–water partition coefficient (Wildman–Crippen LogP) is 5.26. The van der Waals surface area contributed by atoms with Crippen LogP contribution in [-0.2, 0) is 15.0 Å². The molecule has 0 bridgehead atoms. The smallest absolute Gasteiger partial charge is 0.260 e. The van der Waals surface area contributed by atoms with Crippen LogP contribution in [0.15, 0.2) is 97.1 Å². The SMILES string of the molecule is C=CC1=CCC2C(=O)N(Nc3ccc(C)cc3)C(=O)C2(c2ccccc2)C1c1ccc(O)c(OC)c1. The number of carbonyl (C=O) groups excluding carboxylic acids is 2. The van der Waals surface area contributed by atoms with Crippen molar-refractivity contribution in [2.75, 3.05) is 12.5 Å². The maximum Gasteiger partial charge on any atom is 0.260 e. The van der Waals surface area contributed by atoms with E-state index >= 15 is 0 Å². The number of phenolic OH excluding ortho intramolecular Hbond substituents is 1. The minimum atomic E-state index is -1.21. The van der Waals surface area contributed by atoms with E-state index in [9.17, 15) is 14.7 Å². The molecule has 3 aromatic carbocycles. The molecule has 1 aliphatic carbocycles. The number of anilines is 1. The fraction of sp³-hybridized carbons (Fsp3) is 0.200. The average molecular weight is 481 g/mol. The van der Waals surface area contributed by atoms with Gasteiger partial charge in [0.2, 0.25) is 0 Å². The molecule has 0 radical (unpaired) electrons. The fourth-order valence-electron chi connectivity index (χ4n) is 5.63. The number of amides is 2. The summed E-state index contributed by atoms with van der Waals surface area (Å²) in [4.78, 5) is 28.4. The van der Waals surface area contributed by atoms with Crippen molar-refractivity contribution in [1.82, 2.24) is 5.01 Å². The first-order valence-electron chi connectivity index (χ1n) is 11.9. The van der Waals surface area contributed by atoms with Gasteiger partial charge in [0.15, 0.2) is 11.5 Å². The normalized spacial score (nSPS) is 23.2. The molecule has 1 saturated heterocycles. The van der Waals surface area contributed by atoms with Gasteiger partial charge in [0.05, 0.1) is 24.1 Å². The van der Waals surface area contributed by atoms with Crippen molar-refractivity contribution in [2.45, 2.75) is 24.7 Å². The van der Waals surface area contributed by atoms with E-state index in [0.29, 0.717) is 17.9 Å². The lowest BCUT2D eigenvalue weighted by Crippen LogP contribution is -2.48. The molecule has 3 unspecified atom stereocenters. The third-order valence-electron chi connectivity index (χ3n) is 7.32. The van der Waals surface area contributed by atoms with Gasteiger partial charge >= 0.3 is 0 Å². The Morgan fingerprint density at radius 2 is 1.81 bits per heavy atom. The van der Waals surface area contributed by atoms with Crippen molar-refractivity contribution in [3.63, 3.8) is 0 Å². The second-order valence-corrected chi connectivity index (χ2v) is 9.25. The second-order valence-electron chi connectivity index (χ2n) is 9.25. The number of imide groups is 1. The van der Waals surface area contributed by atoms with Crippen LogP contribution >= 0.6 is 0 Å². The Labute approximate surface area is 210 Å². The van der Waals surface area contributed by atoms with E-state index in [0.717, 1.165) is 22.3 Å². The van der Waals surface area contributed by atoms with Gasteiger partial charge < -0.3 is 9.84 Å². The number of nitrogens with zero attached hydrogens (tertiary/aromatic N) is 1. The number of fused-ring (bicyclic) bond motifs is 1. The number of hydrazine groups is 1. The van der Waals surface area contributed by atoms with Crippen LogP contribution in [-0.4, -0.2) is 29.0 Å². The van der Waals surface area contributed by atoms with Gasteiger partial charge in [0, 0.05) is 5.92 Å². The van der Waals surface area contributed by atoms with Gasteiger partial charge in [-0.2, -0.15) is 5.01 Å². The molecule has 0 saturated carbocycles. The van der Waals surface area contributed by atoms with Crippen LogP contribution in [0.5, 0.6) is 11.5 Å². The maximum atomic E-state index is 14.5. The lowest BCUT2D eigenvalue weighted by molar-refractivity contribution is -0.138. The van der Waals surface area contributed by atoms with E-state index < -0.39 is 17.3 Å². The molecule has 1 aliphatic heterocycles. The molecule has 1 fully saturated rings. The number of methoxy groups -OCH3 is 1. The number of phenols is 1. The average Bonchev–Trinajstić information content (AvgIpc) is 3.12. The van der Waals surface area contributed by atoms with Crippen molar-refractivity contribution >= 4 is 17.5 Å². The van der Waals surface area contributed by atoms with Gasteiger partial charge in [0.25, 0.3) is 11.8 Å². The first-order valence-corrected chi connectivity index (χ1v) is 11.9. The molecule has 36 heavy (non-hydrogen) atoms. The van der Waals surface area contributed by atoms with Crippen molar-refractivity contribution in [2.24, 2.45) is 5.92 Å². The molecule has 3 aromatic rings. The highest BCUT2D eigenvalue weighted by Gasteiger charge is 2.65. The van der Waals surface area contributed by atoms with Crippen molar-refractivity contribution in [3.8, 4) is 11.5 Å². The quantitative estimate of drug-likeness (QED) is 0.471. The van der Waals surface area contributed by atoms with Gasteiger partial charge in [-0.05, 0) is 54.3 Å². The standard InChI is InChI=1S/C30H28N2O4/c1-4-20-12-16-24-28(34)32(31-23-14-10-19(2)11-15-23)29(35)30(24,22-8-6-5-7-9-22)27(20)21-13-17-25(33)26(18-21)36-3/h4-15,17-18,24,27,31,33H,1,16H2,2-3H3. The zero-order chi connectivity index (χ0) is 25.4. The molecule has 2 amide bonds.